The molecule has 1 fully saturated rings. The number of allylic oxidation sites excluding steroid dienone is 6. The quantitative estimate of drug-likeness (QED) is 0.258. The van der Waals surface area contributed by atoms with Gasteiger partial charge in [-0.1, -0.05) is 103 Å². The van der Waals surface area contributed by atoms with Gasteiger partial charge in [0.05, 0.1) is 16.5 Å². The van der Waals surface area contributed by atoms with E-state index < -0.39 is 22.7 Å². The molecule has 2 aliphatic carbocycles. The van der Waals surface area contributed by atoms with Gasteiger partial charge >= 0.3 is 6.18 Å². The van der Waals surface area contributed by atoms with Crippen LogP contribution in [0, 0.1) is 5.92 Å². The molecule has 2 heterocycles. The zero-order valence-electron chi connectivity index (χ0n) is 19.8. The zero-order chi connectivity index (χ0) is 25.4. The number of alkyl halides is 3. The molecule has 1 aromatic heterocycles. The average molecular weight is 514 g/mol. The van der Waals surface area contributed by atoms with E-state index in [4.69, 9.17) is 11.6 Å². The lowest BCUT2D eigenvalue weighted by atomic mass is 9.64. The van der Waals surface area contributed by atoms with Gasteiger partial charge in [0.2, 0.25) is 0 Å². The highest BCUT2D eigenvalue weighted by Crippen LogP contribution is 2.67. The minimum Gasteiger partial charge on any atom is -0.325 e. The van der Waals surface area contributed by atoms with E-state index >= 15 is 13.2 Å². The number of halogens is 4. The normalized spacial score (nSPS) is 22.0. The van der Waals surface area contributed by atoms with Crippen molar-refractivity contribution in [2.24, 2.45) is 5.92 Å². The SMILES string of the molecule is FC(F)(F)c1c2n(c3ccc(Cl)cc13)C(c1ccccc1)(c1ccccc1)C1=CC=CC=CC12C1CC1. The molecular weight excluding hydrogens is 491 g/mol. The van der Waals surface area contributed by atoms with E-state index in [2.05, 4.69) is 6.08 Å². The van der Waals surface area contributed by atoms with E-state index in [9.17, 15) is 0 Å². The summed E-state index contributed by atoms with van der Waals surface area (Å²) in [7, 11) is 0. The van der Waals surface area contributed by atoms with Crippen LogP contribution in [0.1, 0.15) is 35.2 Å². The molecule has 3 aliphatic rings. The second-order valence-electron chi connectivity index (χ2n) is 10.1. The molecule has 184 valence electrons. The predicted octanol–water partition coefficient (Wildman–Crippen LogP) is 8.82. The third-order valence-electron chi connectivity index (χ3n) is 8.22. The first kappa shape index (κ1) is 22.7. The summed E-state index contributed by atoms with van der Waals surface area (Å²) in [6.45, 7) is 0. The van der Waals surface area contributed by atoms with Gasteiger partial charge in [-0.2, -0.15) is 13.2 Å². The smallest absolute Gasteiger partial charge is 0.325 e. The lowest BCUT2D eigenvalue weighted by Gasteiger charge is -2.39. The Balaban J connectivity index is 1.78. The van der Waals surface area contributed by atoms with Crippen molar-refractivity contribution in [3.63, 3.8) is 0 Å². The molecule has 1 unspecified atom stereocenters. The van der Waals surface area contributed by atoms with Crippen molar-refractivity contribution in [2.45, 2.75) is 30.0 Å². The van der Waals surface area contributed by atoms with Gasteiger partial charge < -0.3 is 4.57 Å². The number of rotatable bonds is 3. The van der Waals surface area contributed by atoms with Gasteiger partial charge in [0.1, 0.15) is 5.54 Å². The van der Waals surface area contributed by atoms with Crippen molar-refractivity contribution in [3.8, 4) is 0 Å². The minimum absolute atomic E-state index is 0.0730. The Morgan fingerprint density at radius 2 is 1.46 bits per heavy atom. The molecule has 0 amide bonds. The maximum absolute atomic E-state index is 15.2. The summed E-state index contributed by atoms with van der Waals surface area (Å²) in [4.78, 5) is 0. The van der Waals surface area contributed by atoms with E-state index in [1.165, 1.54) is 6.07 Å². The maximum Gasteiger partial charge on any atom is 0.418 e. The van der Waals surface area contributed by atoms with Gasteiger partial charge in [0, 0.05) is 16.1 Å². The number of fused-ring (bicyclic) bond motifs is 5. The van der Waals surface area contributed by atoms with Crippen LogP contribution < -0.4 is 0 Å². The number of benzene rings is 3. The second kappa shape index (κ2) is 7.75. The second-order valence-corrected chi connectivity index (χ2v) is 10.6. The number of aromatic nitrogens is 1. The molecule has 0 N–H and O–H groups in total. The van der Waals surface area contributed by atoms with Gasteiger partial charge in [-0.05, 0) is 53.7 Å². The molecule has 0 bridgehead atoms. The fourth-order valence-corrected chi connectivity index (χ4v) is 7.04. The van der Waals surface area contributed by atoms with E-state index in [1.807, 2.05) is 89.5 Å². The Kier molecular flexibility index (Phi) is 4.75. The molecule has 1 saturated carbocycles. The van der Waals surface area contributed by atoms with Gasteiger partial charge in [0.15, 0.2) is 0 Å². The third-order valence-corrected chi connectivity index (χ3v) is 8.46. The summed E-state index contributed by atoms with van der Waals surface area (Å²) in [5.41, 5.74) is 1.21. The Labute approximate surface area is 218 Å². The van der Waals surface area contributed by atoms with Gasteiger partial charge in [-0.15, -0.1) is 0 Å². The lowest BCUT2D eigenvalue weighted by molar-refractivity contribution is -0.137. The van der Waals surface area contributed by atoms with Crippen LogP contribution in [0.25, 0.3) is 10.9 Å². The molecule has 7 rings (SSSR count). The summed E-state index contributed by atoms with van der Waals surface area (Å²) in [5, 5.41) is 0.442. The molecule has 5 heteroatoms. The molecule has 3 aromatic carbocycles. The first-order valence-electron chi connectivity index (χ1n) is 12.5. The molecule has 1 nitrogen and oxygen atoms in total. The largest absolute Gasteiger partial charge is 0.418 e. The third kappa shape index (κ3) is 2.93. The molecule has 37 heavy (non-hydrogen) atoms. The van der Waals surface area contributed by atoms with Crippen molar-refractivity contribution < 1.29 is 13.2 Å². The van der Waals surface area contributed by atoms with Crippen LogP contribution in [-0.2, 0) is 17.1 Å². The van der Waals surface area contributed by atoms with Gasteiger partial charge in [-0.3, -0.25) is 0 Å². The van der Waals surface area contributed by atoms with Crippen molar-refractivity contribution in [3.05, 3.63) is 142 Å². The van der Waals surface area contributed by atoms with Crippen LogP contribution in [-0.4, -0.2) is 4.57 Å². The van der Waals surface area contributed by atoms with Crippen LogP contribution in [0.5, 0.6) is 0 Å². The van der Waals surface area contributed by atoms with Crippen LogP contribution >= 0.6 is 11.6 Å². The van der Waals surface area contributed by atoms with E-state index in [0.717, 1.165) is 29.5 Å². The van der Waals surface area contributed by atoms with Gasteiger partial charge in [-0.25, -0.2) is 0 Å². The minimum atomic E-state index is -4.56. The Morgan fingerprint density at radius 1 is 0.811 bits per heavy atom. The Hall–Kier alpha value is -3.50. The zero-order valence-corrected chi connectivity index (χ0v) is 20.6. The molecule has 0 radical (unpaired) electrons. The van der Waals surface area contributed by atoms with Crippen molar-refractivity contribution >= 4 is 22.5 Å². The molecule has 1 aliphatic heterocycles. The summed E-state index contributed by atoms with van der Waals surface area (Å²) < 4.78 is 47.6. The van der Waals surface area contributed by atoms with E-state index in [-0.39, 0.29) is 11.3 Å². The van der Waals surface area contributed by atoms with Crippen LogP contribution in [0.2, 0.25) is 5.02 Å². The molecule has 1 atom stereocenters. The van der Waals surface area contributed by atoms with Crippen molar-refractivity contribution in [1.29, 1.82) is 0 Å². The standard InChI is InChI=1S/C32H23ClF3N/c33-24-17-18-26-25(20-24)28(32(34,35)36)29-30(21-15-16-21)19-9-3-8-14-27(30)31(37(26)29,22-10-4-1-5-11-22)23-12-6-2-7-13-23/h1-14,17-21H,15-16H2. The number of nitrogens with zero attached hydrogens (tertiary/aromatic N) is 1. The fourth-order valence-electron chi connectivity index (χ4n) is 6.87. The Bertz CT molecular complexity index is 1580. The van der Waals surface area contributed by atoms with Crippen LogP contribution in [0.4, 0.5) is 13.2 Å². The first-order chi connectivity index (χ1) is 17.9. The maximum atomic E-state index is 15.2. The average Bonchev–Trinajstić information content (AvgIpc) is 3.67. The summed E-state index contributed by atoms with van der Waals surface area (Å²) in [6.07, 6.45) is 7.09. The summed E-state index contributed by atoms with van der Waals surface area (Å²) in [6, 6.07) is 24.8. The van der Waals surface area contributed by atoms with E-state index in [0.29, 0.717) is 16.2 Å². The van der Waals surface area contributed by atoms with E-state index in [1.54, 1.807) is 12.1 Å². The highest BCUT2D eigenvalue weighted by atomic mass is 35.5. The van der Waals surface area contributed by atoms with Crippen LogP contribution in [0.15, 0.2) is 115 Å². The highest BCUT2D eigenvalue weighted by molar-refractivity contribution is 6.31. The van der Waals surface area contributed by atoms with Crippen LogP contribution in [0.3, 0.4) is 0 Å². The summed E-state index contributed by atoms with van der Waals surface area (Å²) in [5.74, 6) is 0.0730. The fraction of sp³-hybridized carbons (Fsp3) is 0.188. The highest BCUT2D eigenvalue weighted by Gasteiger charge is 2.65. The molecule has 0 saturated heterocycles. The Morgan fingerprint density at radius 3 is 2.05 bits per heavy atom. The number of hydrogen-bond donors (Lipinski definition) is 0. The molecule has 4 aromatic rings. The first-order valence-corrected chi connectivity index (χ1v) is 12.9. The molecular formula is C32H23ClF3N. The monoisotopic (exact) mass is 513 g/mol. The van der Waals surface area contributed by atoms with Crippen molar-refractivity contribution in [2.75, 3.05) is 0 Å². The molecule has 0 spiro atoms. The predicted molar refractivity (Wildman–Crippen MR) is 142 cm³/mol. The number of hydrogen-bond acceptors (Lipinski definition) is 0. The topological polar surface area (TPSA) is 4.93 Å². The van der Waals surface area contributed by atoms with Gasteiger partial charge in [0.25, 0.3) is 0 Å². The summed E-state index contributed by atoms with van der Waals surface area (Å²) >= 11 is 6.33. The van der Waals surface area contributed by atoms with Crippen molar-refractivity contribution in [1.82, 2.24) is 4.57 Å². The lowest BCUT2D eigenvalue weighted by Crippen LogP contribution is -2.38.